The SMILES string of the molecule is CC(C)(C)c1ccc2c(c1)C(C)(C)c1cc(-c3ccc4c(c3)C(C)(C)c3cc(-c5ccc6c(c5)C(C)(C)c5cc(-c7ccc(-c8ccc9ccccc9c8)cc7)ccc5-6)ccc3-4)ccc1-2. The van der Waals surface area contributed by atoms with Crippen LogP contribution in [0.5, 0.6) is 0 Å². The predicted molar refractivity (Wildman–Crippen MR) is 277 cm³/mol. The van der Waals surface area contributed by atoms with Crippen molar-refractivity contribution >= 4 is 10.8 Å². The van der Waals surface area contributed by atoms with Crippen LogP contribution < -0.4 is 0 Å². The molecule has 0 amide bonds. The second kappa shape index (κ2) is 13.6. The van der Waals surface area contributed by atoms with Gasteiger partial charge >= 0.3 is 0 Å². The first kappa shape index (κ1) is 39.8. The highest BCUT2D eigenvalue weighted by atomic mass is 14.4. The molecule has 12 rings (SSSR count). The Morgan fingerprint density at radius 2 is 0.538 bits per heavy atom. The Kier molecular flexibility index (Phi) is 8.35. The molecule has 0 heteroatoms. The Morgan fingerprint density at radius 1 is 0.262 bits per heavy atom. The van der Waals surface area contributed by atoms with Gasteiger partial charge in [-0.1, -0.05) is 202 Å². The molecule has 316 valence electrons. The molecule has 0 saturated heterocycles. The van der Waals surface area contributed by atoms with Crippen molar-refractivity contribution in [2.75, 3.05) is 0 Å². The first-order chi connectivity index (χ1) is 31.1. The van der Waals surface area contributed by atoms with Crippen molar-refractivity contribution in [3.05, 3.63) is 215 Å². The van der Waals surface area contributed by atoms with Crippen LogP contribution in [0.15, 0.2) is 176 Å². The lowest BCUT2D eigenvalue weighted by atomic mass is 9.78. The fraction of sp³-hybridized carbons (Fsp3) is 0.200. The van der Waals surface area contributed by atoms with Crippen LogP contribution in [0.4, 0.5) is 0 Å². The van der Waals surface area contributed by atoms with Gasteiger partial charge in [-0.3, -0.25) is 0 Å². The van der Waals surface area contributed by atoms with Gasteiger partial charge < -0.3 is 0 Å². The van der Waals surface area contributed by atoms with Crippen LogP contribution in [0.1, 0.15) is 101 Å². The largest absolute Gasteiger partial charge is 0.0616 e. The summed E-state index contributed by atoms with van der Waals surface area (Å²) in [5.74, 6) is 0. The van der Waals surface area contributed by atoms with Crippen molar-refractivity contribution in [3.8, 4) is 77.9 Å². The standard InChI is InChI=1S/C65H56/c1-62(2,3)49-25-31-55-54-30-24-48(37-60(54)65(8,9)61(55)38-49)47-23-29-53-52-28-22-46(35-58(52)64(6,7)59(53)36-47)45-21-27-51-50-26-20-44(33-56(50)63(4,5)57(51)34-45)41-16-14-40(15-17-41)43-19-18-39-12-10-11-13-42(39)32-43/h10-38H,1-9H3. The molecule has 0 saturated carbocycles. The Balaban J connectivity index is 0.825. The number of rotatable bonds is 4. The predicted octanol–water partition coefficient (Wildman–Crippen LogP) is 17.7. The molecule has 65 heavy (non-hydrogen) atoms. The maximum absolute atomic E-state index is 2.48. The highest BCUT2D eigenvalue weighted by Gasteiger charge is 2.39. The minimum Gasteiger partial charge on any atom is -0.0616 e. The van der Waals surface area contributed by atoms with Crippen LogP contribution in [0, 0.1) is 0 Å². The Bertz CT molecular complexity index is 3470. The number of fused-ring (bicyclic) bond motifs is 10. The molecule has 0 atom stereocenters. The van der Waals surface area contributed by atoms with Crippen LogP contribution in [-0.4, -0.2) is 0 Å². The van der Waals surface area contributed by atoms with E-state index in [-0.39, 0.29) is 21.7 Å². The summed E-state index contributed by atoms with van der Waals surface area (Å²) in [4.78, 5) is 0. The van der Waals surface area contributed by atoms with Crippen LogP contribution in [-0.2, 0) is 21.7 Å². The third-order valence-corrected chi connectivity index (χ3v) is 15.9. The van der Waals surface area contributed by atoms with Crippen molar-refractivity contribution < 1.29 is 0 Å². The number of benzene rings is 9. The number of hydrogen-bond donors (Lipinski definition) is 0. The normalized spacial score (nSPS) is 15.5. The fourth-order valence-corrected chi connectivity index (χ4v) is 11.8. The van der Waals surface area contributed by atoms with Gasteiger partial charge in [0.05, 0.1) is 0 Å². The molecule has 0 N–H and O–H groups in total. The second-order valence-electron chi connectivity index (χ2n) is 21.8. The third kappa shape index (κ3) is 5.96. The highest BCUT2D eigenvalue weighted by molar-refractivity contribution is 5.91. The van der Waals surface area contributed by atoms with Crippen molar-refractivity contribution in [2.24, 2.45) is 0 Å². The first-order valence-corrected chi connectivity index (χ1v) is 23.6. The summed E-state index contributed by atoms with van der Waals surface area (Å²) in [5.41, 5.74) is 28.0. The number of hydrogen-bond acceptors (Lipinski definition) is 0. The maximum Gasteiger partial charge on any atom is 0.0159 e. The zero-order chi connectivity index (χ0) is 44.8. The summed E-state index contributed by atoms with van der Waals surface area (Å²) in [6.45, 7) is 21.4. The molecule has 0 spiro atoms. The molecule has 9 aromatic rings. The van der Waals surface area contributed by atoms with Crippen molar-refractivity contribution in [1.82, 2.24) is 0 Å². The van der Waals surface area contributed by atoms with Gasteiger partial charge in [-0.15, -0.1) is 0 Å². The van der Waals surface area contributed by atoms with Gasteiger partial charge in [-0.05, 0) is 169 Å². The average Bonchev–Trinajstić information content (AvgIpc) is 3.79. The molecule has 3 aliphatic carbocycles. The van der Waals surface area contributed by atoms with Crippen molar-refractivity contribution in [2.45, 2.75) is 84.0 Å². The monoisotopic (exact) mass is 836 g/mol. The van der Waals surface area contributed by atoms with Crippen LogP contribution in [0.3, 0.4) is 0 Å². The third-order valence-electron chi connectivity index (χ3n) is 15.9. The van der Waals surface area contributed by atoms with Gasteiger partial charge in [-0.2, -0.15) is 0 Å². The zero-order valence-electron chi connectivity index (χ0n) is 39.2. The smallest absolute Gasteiger partial charge is 0.0159 e. The lowest BCUT2D eigenvalue weighted by Crippen LogP contribution is -2.17. The van der Waals surface area contributed by atoms with Crippen LogP contribution in [0.25, 0.3) is 88.7 Å². The molecular formula is C65H56. The first-order valence-electron chi connectivity index (χ1n) is 23.6. The Labute approximate surface area is 385 Å². The highest BCUT2D eigenvalue weighted by Crippen LogP contribution is 2.55. The van der Waals surface area contributed by atoms with E-state index >= 15 is 0 Å². The van der Waals surface area contributed by atoms with Crippen molar-refractivity contribution in [1.29, 1.82) is 0 Å². The van der Waals surface area contributed by atoms with Gasteiger partial charge in [0.15, 0.2) is 0 Å². The molecule has 9 aromatic carbocycles. The van der Waals surface area contributed by atoms with Gasteiger partial charge in [-0.25, -0.2) is 0 Å². The summed E-state index contributed by atoms with van der Waals surface area (Å²) in [7, 11) is 0. The van der Waals surface area contributed by atoms with Gasteiger partial charge in [0.25, 0.3) is 0 Å². The molecule has 3 aliphatic rings. The minimum atomic E-state index is -0.136. The van der Waals surface area contributed by atoms with E-state index in [0.29, 0.717) is 0 Å². The van der Waals surface area contributed by atoms with E-state index in [1.165, 1.54) is 128 Å². The molecule has 0 fully saturated rings. The molecule has 0 nitrogen and oxygen atoms in total. The molecule has 0 radical (unpaired) electrons. The van der Waals surface area contributed by atoms with Gasteiger partial charge in [0.1, 0.15) is 0 Å². The summed E-state index contributed by atoms with van der Waals surface area (Å²) < 4.78 is 0. The molecular weight excluding hydrogens is 781 g/mol. The summed E-state index contributed by atoms with van der Waals surface area (Å²) in [6, 6.07) is 67.5. The maximum atomic E-state index is 2.48. The van der Waals surface area contributed by atoms with Gasteiger partial charge in [0.2, 0.25) is 0 Å². The van der Waals surface area contributed by atoms with Crippen LogP contribution in [0.2, 0.25) is 0 Å². The molecule has 0 heterocycles. The van der Waals surface area contributed by atoms with Crippen LogP contribution >= 0.6 is 0 Å². The Morgan fingerprint density at radius 3 is 0.908 bits per heavy atom. The second-order valence-corrected chi connectivity index (χ2v) is 21.8. The lowest BCUT2D eigenvalue weighted by Gasteiger charge is -2.25. The van der Waals surface area contributed by atoms with E-state index in [4.69, 9.17) is 0 Å². The topological polar surface area (TPSA) is 0 Å². The van der Waals surface area contributed by atoms with E-state index in [2.05, 4.69) is 238 Å². The van der Waals surface area contributed by atoms with E-state index in [1.54, 1.807) is 0 Å². The minimum absolute atomic E-state index is 0.0597. The fourth-order valence-electron chi connectivity index (χ4n) is 11.8. The summed E-state index contributed by atoms with van der Waals surface area (Å²) >= 11 is 0. The zero-order valence-corrected chi connectivity index (χ0v) is 39.2. The molecule has 0 aromatic heterocycles. The molecule has 0 aliphatic heterocycles. The average molecular weight is 837 g/mol. The summed E-state index contributed by atoms with van der Waals surface area (Å²) in [5, 5.41) is 2.55. The lowest BCUT2D eigenvalue weighted by molar-refractivity contribution is 0.584. The summed E-state index contributed by atoms with van der Waals surface area (Å²) in [6.07, 6.45) is 0. The van der Waals surface area contributed by atoms with Gasteiger partial charge in [0, 0.05) is 16.2 Å². The van der Waals surface area contributed by atoms with E-state index in [1.807, 2.05) is 0 Å². The van der Waals surface area contributed by atoms with E-state index < -0.39 is 0 Å². The van der Waals surface area contributed by atoms with E-state index in [0.717, 1.165) is 0 Å². The molecule has 0 unspecified atom stereocenters. The van der Waals surface area contributed by atoms with E-state index in [9.17, 15) is 0 Å². The van der Waals surface area contributed by atoms with Crippen molar-refractivity contribution in [3.63, 3.8) is 0 Å². The molecule has 0 bridgehead atoms. The quantitative estimate of drug-likeness (QED) is 0.166. The Hall–Kier alpha value is -6.76.